The number of likely N-dealkylation sites (N-methyl/N-ethyl adjacent to an activating group) is 1. The van der Waals surface area contributed by atoms with Crippen LogP contribution in [0.4, 0.5) is 8.78 Å². The van der Waals surface area contributed by atoms with Crippen molar-refractivity contribution in [3.8, 4) is 0 Å². The van der Waals surface area contributed by atoms with Crippen LogP contribution in [-0.2, 0) is 14.4 Å². The van der Waals surface area contributed by atoms with Crippen LogP contribution in [0, 0.1) is 17.8 Å². The van der Waals surface area contributed by atoms with E-state index in [1.807, 2.05) is 0 Å². The van der Waals surface area contributed by atoms with Crippen LogP contribution in [0.5, 0.6) is 0 Å². The minimum Gasteiger partial charge on any atom is -0.512 e. The highest BCUT2D eigenvalue weighted by atomic mass is 19.3. The average molecular weight is 448 g/mol. The van der Waals surface area contributed by atoms with E-state index < -0.39 is 75.6 Å². The number of allylic oxidation sites excluding steroid dienone is 7. The molecule has 0 aromatic rings. The number of halogens is 2. The lowest BCUT2D eigenvalue weighted by Gasteiger charge is -2.46. The van der Waals surface area contributed by atoms with Crippen molar-refractivity contribution in [1.82, 2.24) is 4.90 Å². The molecule has 4 rings (SSSR count). The molecule has 4 atom stereocenters. The van der Waals surface area contributed by atoms with E-state index in [9.17, 15) is 38.5 Å². The summed E-state index contributed by atoms with van der Waals surface area (Å²) in [6.45, 7) is 0. The van der Waals surface area contributed by atoms with E-state index in [4.69, 9.17) is 5.73 Å². The molecule has 0 aliphatic heterocycles. The minimum atomic E-state index is -2.06. The highest BCUT2D eigenvalue weighted by Crippen LogP contribution is 2.54. The van der Waals surface area contributed by atoms with E-state index in [1.54, 1.807) is 14.1 Å². The molecule has 0 aromatic heterocycles. The minimum absolute atomic E-state index is 0.0696. The van der Waals surface area contributed by atoms with Gasteiger partial charge in [-0.1, -0.05) is 6.08 Å². The molecule has 1 amide bonds. The van der Waals surface area contributed by atoms with E-state index in [-0.39, 0.29) is 36.2 Å². The summed E-state index contributed by atoms with van der Waals surface area (Å²) >= 11 is 0. The number of nitrogens with zero attached hydrogens (tertiary/aromatic N) is 1. The first-order valence-electron chi connectivity index (χ1n) is 10.1. The monoisotopic (exact) mass is 448 g/mol. The van der Waals surface area contributed by atoms with E-state index in [0.29, 0.717) is 0 Å². The summed E-state index contributed by atoms with van der Waals surface area (Å²) in [6.07, 6.45) is -0.424. The highest BCUT2D eigenvalue weighted by molar-refractivity contribution is 6.22. The Kier molecular flexibility index (Phi) is 5.08. The fraction of sp³-hybridized carbons (Fsp3) is 0.409. The van der Waals surface area contributed by atoms with Gasteiger partial charge in [-0.05, 0) is 38.4 Å². The predicted molar refractivity (Wildman–Crippen MR) is 107 cm³/mol. The van der Waals surface area contributed by atoms with Gasteiger partial charge in [0.25, 0.3) is 12.0 Å². The van der Waals surface area contributed by atoms with Crippen LogP contribution in [0.3, 0.4) is 0 Å². The molecule has 8 nitrogen and oxygen atoms in total. The van der Waals surface area contributed by atoms with Gasteiger partial charge < -0.3 is 21.1 Å². The second-order valence-electron chi connectivity index (χ2n) is 8.61. The van der Waals surface area contributed by atoms with Gasteiger partial charge in [0.1, 0.15) is 22.9 Å². The molecule has 0 spiro atoms. The van der Waals surface area contributed by atoms with Crippen molar-refractivity contribution in [2.45, 2.75) is 25.3 Å². The standard InChI is InChI=1S/C22H22F2N2O6/c1-26(2)16-9-6-8-11(21(23)24)7-4-3-5-10(27)12(7)17(28)13(8)18(29)14(9)19(30)15(20(16)31)22(25)32/h4,8-9,14,16,27,29,31H,3,5-6H2,1-2H3,(H2,25,32)/t8?,9?,14?,16-/m0/s1. The summed E-state index contributed by atoms with van der Waals surface area (Å²) in [5.41, 5.74) is 3.34. The molecule has 0 aromatic carbocycles. The zero-order valence-corrected chi connectivity index (χ0v) is 17.4. The molecule has 0 saturated heterocycles. The number of hydrogen-bond acceptors (Lipinski definition) is 7. The van der Waals surface area contributed by atoms with Gasteiger partial charge in [0.05, 0.1) is 17.5 Å². The number of amides is 1. The molecule has 10 heteroatoms. The Morgan fingerprint density at radius 2 is 1.81 bits per heavy atom. The van der Waals surface area contributed by atoms with Crippen LogP contribution in [0.2, 0.25) is 0 Å². The van der Waals surface area contributed by atoms with Crippen molar-refractivity contribution in [3.05, 3.63) is 57.3 Å². The Bertz CT molecular complexity index is 1120. The summed E-state index contributed by atoms with van der Waals surface area (Å²) in [5.74, 6) is -8.23. The maximum absolute atomic E-state index is 14.2. The summed E-state index contributed by atoms with van der Waals surface area (Å²) in [4.78, 5) is 39.7. The largest absolute Gasteiger partial charge is 0.512 e. The fourth-order valence-corrected chi connectivity index (χ4v) is 5.54. The third kappa shape index (κ3) is 2.85. The first kappa shape index (κ1) is 21.9. The Morgan fingerprint density at radius 3 is 2.38 bits per heavy atom. The Morgan fingerprint density at radius 1 is 1.16 bits per heavy atom. The number of Topliss-reactive ketones (excluding diaryl/α,β-unsaturated/α-hetero) is 2. The van der Waals surface area contributed by atoms with Crippen molar-refractivity contribution in [2.24, 2.45) is 23.5 Å². The van der Waals surface area contributed by atoms with Crippen LogP contribution >= 0.6 is 0 Å². The zero-order valence-electron chi connectivity index (χ0n) is 17.4. The van der Waals surface area contributed by atoms with E-state index >= 15 is 0 Å². The topological polar surface area (TPSA) is 141 Å². The number of nitrogens with two attached hydrogens (primary N) is 1. The van der Waals surface area contributed by atoms with Gasteiger partial charge in [-0.2, -0.15) is 8.78 Å². The average Bonchev–Trinajstić information content (AvgIpc) is 2.66. The molecule has 170 valence electrons. The van der Waals surface area contributed by atoms with E-state index in [1.165, 1.54) is 11.0 Å². The molecular formula is C22H22F2N2O6. The van der Waals surface area contributed by atoms with Crippen LogP contribution in [-0.4, -0.2) is 57.8 Å². The maximum Gasteiger partial charge on any atom is 0.274 e. The maximum atomic E-state index is 14.2. The van der Waals surface area contributed by atoms with Crippen LogP contribution in [0.1, 0.15) is 19.3 Å². The lowest BCUT2D eigenvalue weighted by molar-refractivity contribution is -0.127. The fourth-order valence-electron chi connectivity index (χ4n) is 5.54. The second-order valence-corrected chi connectivity index (χ2v) is 8.61. The van der Waals surface area contributed by atoms with Crippen LogP contribution in [0.25, 0.3) is 0 Å². The van der Waals surface area contributed by atoms with Crippen molar-refractivity contribution >= 4 is 17.5 Å². The summed E-state index contributed by atoms with van der Waals surface area (Å²) in [7, 11) is 3.12. The number of ketones is 2. The molecule has 1 saturated carbocycles. The number of fused-ring (bicyclic) bond motifs is 3. The highest BCUT2D eigenvalue weighted by Gasteiger charge is 2.56. The van der Waals surface area contributed by atoms with Gasteiger partial charge in [-0.15, -0.1) is 0 Å². The second kappa shape index (κ2) is 7.40. The molecule has 4 aliphatic carbocycles. The molecular weight excluding hydrogens is 426 g/mol. The zero-order chi connectivity index (χ0) is 23.6. The van der Waals surface area contributed by atoms with Crippen molar-refractivity contribution < 1.29 is 38.5 Å². The molecule has 1 fully saturated rings. The van der Waals surface area contributed by atoms with Gasteiger partial charge >= 0.3 is 0 Å². The lowest BCUT2D eigenvalue weighted by atomic mass is 9.58. The number of carbonyl (C=O) groups is 3. The molecule has 3 unspecified atom stereocenters. The molecule has 0 radical (unpaired) electrons. The Balaban J connectivity index is 1.99. The van der Waals surface area contributed by atoms with E-state index in [2.05, 4.69) is 0 Å². The smallest absolute Gasteiger partial charge is 0.274 e. The number of aliphatic hydroxyl groups is 3. The number of aliphatic hydroxyl groups excluding tert-OH is 3. The third-order valence-electron chi connectivity index (χ3n) is 6.73. The first-order valence-corrected chi connectivity index (χ1v) is 10.1. The van der Waals surface area contributed by atoms with Gasteiger partial charge in [0.15, 0.2) is 11.6 Å². The van der Waals surface area contributed by atoms with Crippen molar-refractivity contribution in [2.75, 3.05) is 14.1 Å². The number of carbonyl (C=O) groups excluding carboxylic acids is 3. The van der Waals surface area contributed by atoms with Gasteiger partial charge in [0, 0.05) is 23.5 Å². The summed E-state index contributed by atoms with van der Waals surface area (Å²) in [5, 5.41) is 32.0. The van der Waals surface area contributed by atoms with Gasteiger partial charge in [-0.25, -0.2) is 0 Å². The molecule has 4 aliphatic rings. The Labute approximate surface area is 181 Å². The quantitative estimate of drug-likeness (QED) is 0.474. The molecule has 0 heterocycles. The van der Waals surface area contributed by atoms with Crippen molar-refractivity contribution in [1.29, 1.82) is 0 Å². The summed E-state index contributed by atoms with van der Waals surface area (Å²) in [6, 6.07) is -0.978. The van der Waals surface area contributed by atoms with Crippen LogP contribution in [0.15, 0.2) is 57.3 Å². The molecule has 0 bridgehead atoms. The van der Waals surface area contributed by atoms with Gasteiger partial charge in [0.2, 0.25) is 0 Å². The third-order valence-corrected chi connectivity index (χ3v) is 6.73. The summed E-state index contributed by atoms with van der Waals surface area (Å²) < 4.78 is 28.3. The normalized spacial score (nSPS) is 30.3. The van der Waals surface area contributed by atoms with Crippen molar-refractivity contribution in [3.63, 3.8) is 0 Å². The SMILES string of the molecule is CN(C)[C@@H]1C(O)=C(C(N)=O)C(=O)C2C(O)=C3C(=O)C4=C(O)CCC=C4C(=C(F)F)C3CC21. The van der Waals surface area contributed by atoms with Gasteiger partial charge in [-0.3, -0.25) is 19.3 Å². The number of primary amides is 1. The number of rotatable bonds is 2. The lowest BCUT2D eigenvalue weighted by Crippen LogP contribution is -2.53. The predicted octanol–water partition coefficient (Wildman–Crippen LogP) is 2.13. The molecule has 5 N–H and O–H groups in total. The molecule has 32 heavy (non-hydrogen) atoms. The van der Waals surface area contributed by atoms with E-state index in [0.717, 1.165) is 0 Å². The Hall–Kier alpha value is -3.27. The number of hydrogen-bond donors (Lipinski definition) is 4. The first-order chi connectivity index (χ1) is 15.0. The van der Waals surface area contributed by atoms with Crippen LogP contribution < -0.4 is 5.73 Å².